The van der Waals surface area contributed by atoms with Gasteiger partial charge in [-0.15, -0.1) is 0 Å². The lowest BCUT2D eigenvalue weighted by atomic mass is 10.1. The zero-order valence-corrected chi connectivity index (χ0v) is 10.8. The standard InChI is InChI=1S/C13H20FNO2/c1-9-5-6-11(7-12(9)14)8-15-10(2)13(16-3)17-4/h5-7,10,13,15H,8H2,1-4H3. The van der Waals surface area contributed by atoms with Gasteiger partial charge in [0.25, 0.3) is 0 Å². The quantitative estimate of drug-likeness (QED) is 0.775. The summed E-state index contributed by atoms with van der Waals surface area (Å²) < 4.78 is 23.6. The monoisotopic (exact) mass is 241 g/mol. The van der Waals surface area contributed by atoms with Crippen molar-refractivity contribution in [3.63, 3.8) is 0 Å². The summed E-state index contributed by atoms with van der Waals surface area (Å²) in [5.74, 6) is -0.174. The van der Waals surface area contributed by atoms with Gasteiger partial charge in [0.2, 0.25) is 0 Å². The van der Waals surface area contributed by atoms with E-state index < -0.39 is 0 Å². The molecule has 0 heterocycles. The van der Waals surface area contributed by atoms with Gasteiger partial charge in [-0.05, 0) is 31.0 Å². The van der Waals surface area contributed by atoms with E-state index in [1.54, 1.807) is 33.3 Å². The number of nitrogens with one attached hydrogen (secondary N) is 1. The summed E-state index contributed by atoms with van der Waals surface area (Å²) in [4.78, 5) is 0. The molecule has 0 aliphatic carbocycles. The summed E-state index contributed by atoms with van der Waals surface area (Å²) in [6, 6.07) is 5.27. The zero-order valence-electron chi connectivity index (χ0n) is 10.8. The normalized spacial score (nSPS) is 13.1. The molecule has 1 atom stereocenters. The largest absolute Gasteiger partial charge is 0.354 e. The molecule has 1 aromatic rings. The summed E-state index contributed by atoms with van der Waals surface area (Å²) in [6.45, 7) is 4.30. The summed E-state index contributed by atoms with van der Waals surface area (Å²) in [6.07, 6.45) is -0.301. The molecule has 0 spiro atoms. The van der Waals surface area contributed by atoms with Gasteiger partial charge in [-0.25, -0.2) is 4.39 Å². The lowest BCUT2D eigenvalue weighted by molar-refractivity contribution is -0.119. The van der Waals surface area contributed by atoms with Crippen LogP contribution in [0, 0.1) is 12.7 Å². The van der Waals surface area contributed by atoms with E-state index in [1.807, 2.05) is 13.0 Å². The van der Waals surface area contributed by atoms with E-state index in [-0.39, 0.29) is 18.1 Å². The number of aryl methyl sites for hydroxylation is 1. The van der Waals surface area contributed by atoms with Crippen molar-refractivity contribution in [1.29, 1.82) is 0 Å². The first-order chi connectivity index (χ1) is 8.08. The van der Waals surface area contributed by atoms with Crippen LogP contribution in [0.5, 0.6) is 0 Å². The molecule has 0 bridgehead atoms. The Morgan fingerprint density at radius 1 is 1.29 bits per heavy atom. The van der Waals surface area contributed by atoms with Crippen LogP contribution < -0.4 is 5.32 Å². The van der Waals surface area contributed by atoms with Crippen LogP contribution in [0.1, 0.15) is 18.1 Å². The third-order valence-corrected chi connectivity index (χ3v) is 2.74. The molecule has 1 unspecified atom stereocenters. The van der Waals surface area contributed by atoms with Gasteiger partial charge in [0.15, 0.2) is 6.29 Å². The lowest BCUT2D eigenvalue weighted by Gasteiger charge is -2.22. The Morgan fingerprint density at radius 2 is 1.94 bits per heavy atom. The number of hydrogen-bond acceptors (Lipinski definition) is 3. The number of halogens is 1. The van der Waals surface area contributed by atoms with Crippen LogP contribution in [-0.2, 0) is 16.0 Å². The molecule has 4 heteroatoms. The van der Waals surface area contributed by atoms with Gasteiger partial charge in [0.05, 0.1) is 6.04 Å². The smallest absolute Gasteiger partial charge is 0.171 e. The second-order valence-electron chi connectivity index (χ2n) is 4.09. The van der Waals surface area contributed by atoms with Gasteiger partial charge < -0.3 is 14.8 Å². The average molecular weight is 241 g/mol. The molecule has 0 aromatic heterocycles. The molecular formula is C13H20FNO2. The van der Waals surface area contributed by atoms with Gasteiger partial charge in [-0.1, -0.05) is 12.1 Å². The molecular weight excluding hydrogens is 221 g/mol. The third-order valence-electron chi connectivity index (χ3n) is 2.74. The predicted octanol–water partition coefficient (Wildman–Crippen LogP) is 2.23. The number of ether oxygens (including phenoxy) is 2. The van der Waals surface area contributed by atoms with Gasteiger partial charge in [-0.3, -0.25) is 0 Å². The van der Waals surface area contributed by atoms with Crippen molar-refractivity contribution in [2.45, 2.75) is 32.7 Å². The minimum Gasteiger partial charge on any atom is -0.354 e. The number of benzene rings is 1. The van der Waals surface area contributed by atoms with Crippen molar-refractivity contribution >= 4 is 0 Å². The van der Waals surface area contributed by atoms with Crippen LogP contribution >= 0.6 is 0 Å². The maximum Gasteiger partial charge on any atom is 0.171 e. The van der Waals surface area contributed by atoms with Gasteiger partial charge >= 0.3 is 0 Å². The van der Waals surface area contributed by atoms with Crippen molar-refractivity contribution in [3.05, 3.63) is 35.1 Å². The van der Waals surface area contributed by atoms with Crippen LogP contribution in [0.4, 0.5) is 4.39 Å². The zero-order chi connectivity index (χ0) is 12.8. The van der Waals surface area contributed by atoms with Gasteiger partial charge in [0, 0.05) is 20.8 Å². The fraction of sp³-hybridized carbons (Fsp3) is 0.538. The molecule has 0 saturated heterocycles. The first-order valence-electron chi connectivity index (χ1n) is 5.62. The molecule has 1 aromatic carbocycles. The molecule has 3 nitrogen and oxygen atoms in total. The molecule has 0 radical (unpaired) electrons. The summed E-state index contributed by atoms with van der Waals surface area (Å²) in [5.41, 5.74) is 1.57. The minimum atomic E-state index is -0.301. The first-order valence-corrected chi connectivity index (χ1v) is 5.62. The highest BCUT2D eigenvalue weighted by Gasteiger charge is 2.14. The predicted molar refractivity (Wildman–Crippen MR) is 65.2 cm³/mol. The van der Waals surface area contributed by atoms with Crippen molar-refractivity contribution < 1.29 is 13.9 Å². The number of methoxy groups -OCH3 is 2. The molecule has 0 aliphatic rings. The maximum absolute atomic E-state index is 13.3. The highest BCUT2D eigenvalue weighted by molar-refractivity contribution is 5.23. The molecule has 1 rings (SSSR count). The van der Waals surface area contributed by atoms with Crippen molar-refractivity contribution in [2.24, 2.45) is 0 Å². The second-order valence-corrected chi connectivity index (χ2v) is 4.09. The van der Waals surface area contributed by atoms with Crippen molar-refractivity contribution in [1.82, 2.24) is 5.32 Å². The molecule has 0 fully saturated rings. The van der Waals surface area contributed by atoms with Crippen LogP contribution in [0.3, 0.4) is 0 Å². The Hall–Kier alpha value is -0.970. The molecule has 1 N–H and O–H groups in total. The molecule has 17 heavy (non-hydrogen) atoms. The van der Waals surface area contributed by atoms with E-state index in [0.717, 1.165) is 5.56 Å². The van der Waals surface area contributed by atoms with E-state index in [2.05, 4.69) is 5.32 Å². The molecule has 0 aliphatic heterocycles. The van der Waals surface area contributed by atoms with Crippen LogP contribution in [0.2, 0.25) is 0 Å². The number of rotatable bonds is 6. The van der Waals surface area contributed by atoms with Crippen LogP contribution in [0.25, 0.3) is 0 Å². The number of hydrogen-bond donors (Lipinski definition) is 1. The topological polar surface area (TPSA) is 30.5 Å². The lowest BCUT2D eigenvalue weighted by Crippen LogP contribution is -2.39. The molecule has 0 amide bonds. The molecule has 0 saturated carbocycles. The van der Waals surface area contributed by atoms with Crippen molar-refractivity contribution in [2.75, 3.05) is 14.2 Å². The van der Waals surface area contributed by atoms with Gasteiger partial charge in [-0.2, -0.15) is 0 Å². The minimum absolute atomic E-state index is 0.0364. The third kappa shape index (κ3) is 4.07. The summed E-state index contributed by atoms with van der Waals surface area (Å²) in [5, 5.41) is 3.23. The highest BCUT2D eigenvalue weighted by atomic mass is 19.1. The Kier molecular flexibility index (Phi) is 5.55. The van der Waals surface area contributed by atoms with Crippen molar-refractivity contribution in [3.8, 4) is 0 Å². The maximum atomic E-state index is 13.3. The van der Waals surface area contributed by atoms with E-state index in [9.17, 15) is 4.39 Å². The Balaban J connectivity index is 2.52. The summed E-state index contributed by atoms with van der Waals surface area (Å²) >= 11 is 0. The Labute approximate surface area is 102 Å². The van der Waals surface area contributed by atoms with Crippen LogP contribution in [-0.4, -0.2) is 26.6 Å². The Morgan fingerprint density at radius 3 is 2.47 bits per heavy atom. The van der Waals surface area contributed by atoms with Gasteiger partial charge in [0.1, 0.15) is 5.82 Å². The SMILES string of the molecule is COC(OC)C(C)NCc1ccc(C)c(F)c1. The summed E-state index contributed by atoms with van der Waals surface area (Å²) in [7, 11) is 3.19. The highest BCUT2D eigenvalue weighted by Crippen LogP contribution is 2.09. The van der Waals surface area contributed by atoms with E-state index >= 15 is 0 Å². The molecule has 96 valence electrons. The fourth-order valence-electron chi connectivity index (χ4n) is 1.63. The van der Waals surface area contributed by atoms with Crippen LogP contribution in [0.15, 0.2) is 18.2 Å². The Bertz CT molecular complexity index is 353. The van der Waals surface area contributed by atoms with E-state index in [1.165, 1.54) is 0 Å². The van der Waals surface area contributed by atoms with E-state index in [0.29, 0.717) is 12.1 Å². The fourth-order valence-corrected chi connectivity index (χ4v) is 1.63. The second kappa shape index (κ2) is 6.69. The average Bonchev–Trinajstić information content (AvgIpc) is 2.32. The first kappa shape index (κ1) is 14.1. The van der Waals surface area contributed by atoms with E-state index in [4.69, 9.17) is 9.47 Å².